The smallest absolute Gasteiger partial charge is 0.323 e. The Bertz CT molecular complexity index is 1290. The van der Waals surface area contributed by atoms with E-state index in [9.17, 15) is 31.1 Å². The molecule has 2 spiro atoms. The second-order valence-corrected chi connectivity index (χ2v) is 13.0. The van der Waals surface area contributed by atoms with E-state index in [2.05, 4.69) is 15.2 Å². The maximum atomic E-state index is 13.7. The minimum Gasteiger partial charge on any atom is -0.323 e. The molecule has 1 N–H and O–H groups in total. The highest BCUT2D eigenvalue weighted by Gasteiger charge is 2.59. The van der Waals surface area contributed by atoms with E-state index >= 15 is 0 Å². The van der Waals surface area contributed by atoms with Crippen molar-refractivity contribution in [3.63, 3.8) is 0 Å². The van der Waals surface area contributed by atoms with Crippen LogP contribution in [0.25, 0.3) is 0 Å². The molecule has 5 fully saturated rings. The van der Waals surface area contributed by atoms with Gasteiger partial charge < -0.3 is 9.80 Å². The van der Waals surface area contributed by atoms with Crippen molar-refractivity contribution < 1.29 is 31.1 Å². The molecule has 2 aliphatic heterocycles. The van der Waals surface area contributed by atoms with Crippen molar-refractivity contribution >= 4 is 6.03 Å². The third kappa shape index (κ3) is 4.38. The molecule has 0 bridgehead atoms. The fourth-order valence-corrected chi connectivity index (χ4v) is 7.76. The second-order valence-electron chi connectivity index (χ2n) is 13.0. The van der Waals surface area contributed by atoms with Crippen LogP contribution in [0.1, 0.15) is 73.1 Å². The van der Waals surface area contributed by atoms with E-state index in [0.717, 1.165) is 31.7 Å². The molecular formula is C27H29F6N5O. The van der Waals surface area contributed by atoms with Gasteiger partial charge in [0.1, 0.15) is 11.6 Å². The molecule has 1 aromatic carbocycles. The quantitative estimate of drug-likeness (QED) is 0.492. The van der Waals surface area contributed by atoms with Crippen LogP contribution >= 0.6 is 0 Å². The third-order valence-corrected chi connectivity index (χ3v) is 9.62. The number of aromatic nitrogens is 3. The lowest BCUT2D eigenvalue weighted by Crippen LogP contribution is -2.70. The summed E-state index contributed by atoms with van der Waals surface area (Å²) >= 11 is 0. The van der Waals surface area contributed by atoms with Gasteiger partial charge in [-0.15, -0.1) is 0 Å². The lowest BCUT2D eigenvalue weighted by atomic mass is 9.56. The first-order valence-electron chi connectivity index (χ1n) is 13.5. The van der Waals surface area contributed by atoms with E-state index in [1.54, 1.807) is 0 Å². The zero-order chi connectivity index (χ0) is 27.4. The molecule has 2 amide bonds. The van der Waals surface area contributed by atoms with Gasteiger partial charge >= 0.3 is 12.2 Å². The summed E-state index contributed by atoms with van der Waals surface area (Å²) < 4.78 is 78.9. The number of H-pyrrole nitrogens is 1. The minimum atomic E-state index is -4.57. The van der Waals surface area contributed by atoms with E-state index in [4.69, 9.17) is 0 Å². The van der Waals surface area contributed by atoms with Crippen molar-refractivity contribution in [2.75, 3.05) is 26.2 Å². The van der Waals surface area contributed by atoms with Crippen molar-refractivity contribution in [2.45, 2.75) is 68.9 Å². The van der Waals surface area contributed by atoms with Gasteiger partial charge in [0.2, 0.25) is 5.92 Å². The number of alkyl halides is 5. The normalized spacial score (nSPS) is 25.6. The van der Waals surface area contributed by atoms with Crippen LogP contribution in [0.2, 0.25) is 0 Å². The first kappa shape index (κ1) is 25.2. The van der Waals surface area contributed by atoms with Crippen LogP contribution in [0, 0.1) is 22.6 Å². The summed E-state index contributed by atoms with van der Waals surface area (Å²) in [5, 5.41) is 7.10. The molecule has 2 aromatic rings. The van der Waals surface area contributed by atoms with Gasteiger partial charge in [-0.05, 0) is 61.8 Å². The van der Waals surface area contributed by atoms with Crippen molar-refractivity contribution in [2.24, 2.45) is 16.7 Å². The average molecular weight is 554 g/mol. The Labute approximate surface area is 221 Å². The van der Waals surface area contributed by atoms with Gasteiger partial charge in [-0.3, -0.25) is 5.10 Å². The number of hydrogen-bond acceptors (Lipinski definition) is 3. The number of benzene rings is 1. The molecule has 3 aliphatic carbocycles. The van der Waals surface area contributed by atoms with Gasteiger partial charge in [0, 0.05) is 61.7 Å². The van der Waals surface area contributed by atoms with Gasteiger partial charge in [0.05, 0.1) is 5.56 Å². The molecule has 210 valence electrons. The number of carbonyl (C=O) groups excluding carboxylic acids is 1. The van der Waals surface area contributed by atoms with Crippen LogP contribution in [0.5, 0.6) is 0 Å². The second kappa shape index (κ2) is 8.13. The Balaban J connectivity index is 0.844. The highest BCUT2D eigenvalue weighted by molar-refractivity contribution is 5.77. The fourth-order valence-electron chi connectivity index (χ4n) is 7.76. The Morgan fingerprint density at radius 2 is 1.54 bits per heavy atom. The standard InChI is InChI=1S/C27H29F6N5O/c28-20-3-15(2-19(4-20)27(31,32)33)1-16-5-24(6-16)11-37(12-24)23(39)38-13-25(14-38)7-17(8-25)21-34-22(36-35-21)18-9-26(29,30)10-18/h2-4,16-18H,1,5-14H2,(H,34,35,36). The van der Waals surface area contributed by atoms with Crippen LogP contribution < -0.4 is 0 Å². The van der Waals surface area contributed by atoms with E-state index in [1.807, 2.05) is 9.80 Å². The third-order valence-electron chi connectivity index (χ3n) is 9.62. The van der Waals surface area contributed by atoms with E-state index in [1.165, 1.54) is 6.07 Å². The number of hydrogen-bond donors (Lipinski definition) is 1. The minimum absolute atomic E-state index is 0.0317. The molecule has 3 saturated carbocycles. The average Bonchev–Trinajstić information content (AvgIpc) is 3.19. The highest BCUT2D eigenvalue weighted by Crippen LogP contribution is 2.57. The predicted molar refractivity (Wildman–Crippen MR) is 127 cm³/mol. The molecule has 0 atom stereocenters. The van der Waals surface area contributed by atoms with Gasteiger partial charge in [-0.2, -0.15) is 18.3 Å². The van der Waals surface area contributed by atoms with Crippen molar-refractivity contribution in [3.8, 4) is 0 Å². The summed E-state index contributed by atoms with van der Waals surface area (Å²) in [6.45, 7) is 2.71. The number of nitrogens with one attached hydrogen (secondary N) is 1. The molecular weight excluding hydrogens is 524 g/mol. The molecule has 5 aliphatic rings. The number of urea groups is 1. The van der Waals surface area contributed by atoms with E-state index < -0.39 is 23.5 Å². The summed E-state index contributed by atoms with van der Waals surface area (Å²) in [5.41, 5.74) is -0.457. The van der Waals surface area contributed by atoms with Gasteiger partial charge in [-0.25, -0.2) is 22.9 Å². The fraction of sp³-hybridized carbons (Fsp3) is 0.667. The van der Waals surface area contributed by atoms with E-state index in [-0.39, 0.29) is 47.5 Å². The van der Waals surface area contributed by atoms with E-state index in [0.29, 0.717) is 55.9 Å². The first-order valence-corrected chi connectivity index (χ1v) is 13.5. The van der Waals surface area contributed by atoms with Crippen LogP contribution in [-0.2, 0) is 12.6 Å². The number of amides is 2. The summed E-state index contributed by atoms with van der Waals surface area (Å²) in [4.78, 5) is 21.1. The molecule has 0 radical (unpaired) electrons. The molecule has 0 unspecified atom stereocenters. The van der Waals surface area contributed by atoms with Crippen LogP contribution in [0.4, 0.5) is 31.1 Å². The lowest BCUT2D eigenvalue weighted by Gasteiger charge is -2.63. The van der Waals surface area contributed by atoms with Gasteiger partial charge in [0.15, 0.2) is 5.82 Å². The molecule has 12 heteroatoms. The van der Waals surface area contributed by atoms with Crippen LogP contribution in [0.3, 0.4) is 0 Å². The number of rotatable bonds is 4. The topological polar surface area (TPSA) is 65.1 Å². The molecule has 39 heavy (non-hydrogen) atoms. The number of likely N-dealkylation sites (tertiary alicyclic amines) is 2. The van der Waals surface area contributed by atoms with Gasteiger partial charge in [-0.1, -0.05) is 0 Å². The Morgan fingerprint density at radius 3 is 2.13 bits per heavy atom. The van der Waals surface area contributed by atoms with Crippen LogP contribution in [0.15, 0.2) is 18.2 Å². The first-order chi connectivity index (χ1) is 18.3. The lowest BCUT2D eigenvalue weighted by molar-refractivity contribution is -0.137. The zero-order valence-electron chi connectivity index (χ0n) is 21.2. The zero-order valence-corrected chi connectivity index (χ0v) is 21.2. The summed E-state index contributed by atoms with van der Waals surface area (Å²) in [6, 6.07) is 2.77. The molecule has 3 heterocycles. The Kier molecular flexibility index (Phi) is 5.25. The van der Waals surface area contributed by atoms with Crippen molar-refractivity contribution in [1.82, 2.24) is 25.0 Å². The van der Waals surface area contributed by atoms with Crippen molar-refractivity contribution in [1.29, 1.82) is 0 Å². The number of halogens is 6. The summed E-state index contributed by atoms with van der Waals surface area (Å²) in [6.07, 6.45) is -1.09. The largest absolute Gasteiger partial charge is 0.416 e. The number of nitrogens with zero attached hydrogens (tertiary/aromatic N) is 4. The molecule has 7 rings (SSSR count). The number of aromatic amines is 1. The maximum Gasteiger partial charge on any atom is 0.416 e. The Morgan fingerprint density at radius 1 is 0.923 bits per heavy atom. The summed E-state index contributed by atoms with van der Waals surface area (Å²) in [7, 11) is 0. The SMILES string of the molecule is O=C(N1CC2(CC(Cc3cc(F)cc(C(F)(F)F)c3)C2)C1)N1CC2(CC(c3n[nH]c(C4CC(F)(F)C4)n3)C2)C1. The Hall–Kier alpha value is -2.79. The molecule has 1 aromatic heterocycles. The predicted octanol–water partition coefficient (Wildman–Crippen LogP) is 5.73. The van der Waals surface area contributed by atoms with Crippen molar-refractivity contribution in [3.05, 3.63) is 46.8 Å². The highest BCUT2D eigenvalue weighted by atomic mass is 19.4. The summed E-state index contributed by atoms with van der Waals surface area (Å²) in [5.74, 6) is -2.09. The monoisotopic (exact) mass is 553 g/mol. The van der Waals surface area contributed by atoms with Crippen LogP contribution in [-0.4, -0.2) is 63.1 Å². The maximum absolute atomic E-state index is 13.7. The molecule has 6 nitrogen and oxygen atoms in total. The molecule has 2 saturated heterocycles. The number of carbonyl (C=O) groups is 1. The van der Waals surface area contributed by atoms with Gasteiger partial charge in [0.25, 0.3) is 0 Å².